The number of benzene rings is 1. The topological polar surface area (TPSA) is 232 Å². The van der Waals surface area contributed by atoms with Gasteiger partial charge in [-0.1, -0.05) is 52.0 Å². The van der Waals surface area contributed by atoms with Crippen LogP contribution in [0.2, 0.25) is 0 Å². The van der Waals surface area contributed by atoms with Crippen LogP contribution in [0.5, 0.6) is 0 Å². The van der Waals surface area contributed by atoms with E-state index in [-0.39, 0.29) is 53.0 Å². The summed E-state index contributed by atoms with van der Waals surface area (Å²) in [5, 5.41) is 8.43. The largest absolute Gasteiger partial charge is 0.453 e. The molecule has 2 fully saturated rings. The number of anilines is 2. The number of H-pyrrole nitrogens is 3. The molecule has 4 atom stereocenters. The number of likely N-dealkylation sites (tertiary alicyclic amines) is 2. The number of ether oxygens (including phenoxy) is 2. The van der Waals surface area contributed by atoms with Gasteiger partial charge in [-0.05, 0) is 37.5 Å². The van der Waals surface area contributed by atoms with Crippen LogP contribution in [0.3, 0.4) is 0 Å². The van der Waals surface area contributed by atoms with E-state index >= 15 is 0 Å². The van der Waals surface area contributed by atoms with E-state index in [9.17, 15) is 24.0 Å². The van der Waals surface area contributed by atoms with Crippen molar-refractivity contribution < 1.29 is 33.4 Å². The molecule has 5 heterocycles. The molecule has 4 aromatic rings. The van der Waals surface area contributed by atoms with Gasteiger partial charge in [0.05, 0.1) is 38.3 Å². The minimum Gasteiger partial charge on any atom is -0.453 e. The zero-order chi connectivity index (χ0) is 40.1. The van der Waals surface area contributed by atoms with Crippen molar-refractivity contribution in [1.82, 2.24) is 50.3 Å². The van der Waals surface area contributed by atoms with Gasteiger partial charge < -0.3 is 50.2 Å². The van der Waals surface area contributed by atoms with Crippen LogP contribution in [0.15, 0.2) is 43.0 Å². The highest BCUT2D eigenvalue weighted by Crippen LogP contribution is 2.34. The number of alkyl carbamates (subject to hydrolysis) is 2. The number of carbonyl (C=O) groups is 5. The summed E-state index contributed by atoms with van der Waals surface area (Å²) >= 11 is 0. The molecule has 56 heavy (non-hydrogen) atoms. The van der Waals surface area contributed by atoms with Crippen LogP contribution in [0, 0.1) is 11.8 Å². The molecule has 4 amide bonds. The molecule has 2 saturated heterocycles. The van der Waals surface area contributed by atoms with E-state index < -0.39 is 24.3 Å². The van der Waals surface area contributed by atoms with E-state index in [0.717, 1.165) is 24.8 Å². The van der Waals surface area contributed by atoms with Gasteiger partial charge in [-0.25, -0.2) is 24.5 Å². The van der Waals surface area contributed by atoms with Crippen molar-refractivity contribution in [2.75, 3.05) is 32.6 Å². The Labute approximate surface area is 323 Å². The van der Waals surface area contributed by atoms with Gasteiger partial charge in [-0.2, -0.15) is 0 Å². The fourth-order valence-corrected chi connectivity index (χ4v) is 7.23. The van der Waals surface area contributed by atoms with Crippen LogP contribution < -0.4 is 16.0 Å². The summed E-state index contributed by atoms with van der Waals surface area (Å²) in [6.07, 6.45) is 6.52. The number of ketones is 1. The van der Waals surface area contributed by atoms with E-state index in [0.29, 0.717) is 48.2 Å². The molecule has 298 valence electrons. The Morgan fingerprint density at radius 2 is 1.29 bits per heavy atom. The van der Waals surface area contributed by atoms with Crippen molar-refractivity contribution >= 4 is 41.4 Å². The number of carbonyl (C=O) groups excluding carboxylic acids is 5. The van der Waals surface area contributed by atoms with Gasteiger partial charge in [-0.15, -0.1) is 0 Å². The number of nitrogens with one attached hydrogen (secondary N) is 6. The maximum atomic E-state index is 13.7. The lowest BCUT2D eigenvalue weighted by atomic mass is 10.0. The van der Waals surface area contributed by atoms with Crippen molar-refractivity contribution in [3.05, 3.63) is 65.9 Å². The number of hydrogen-bond donors (Lipinski definition) is 6. The van der Waals surface area contributed by atoms with Crippen molar-refractivity contribution in [1.29, 1.82) is 0 Å². The van der Waals surface area contributed by atoms with Crippen LogP contribution in [0.4, 0.5) is 21.2 Å². The Hall–Kier alpha value is -6.20. The van der Waals surface area contributed by atoms with Gasteiger partial charge in [0.25, 0.3) is 0 Å². The number of aromatic nitrogens is 6. The van der Waals surface area contributed by atoms with E-state index in [1.807, 2.05) is 39.8 Å². The van der Waals surface area contributed by atoms with E-state index in [1.165, 1.54) is 20.5 Å². The average Bonchev–Trinajstić information content (AvgIpc) is 4.04. The third-order valence-corrected chi connectivity index (χ3v) is 10.2. The van der Waals surface area contributed by atoms with Gasteiger partial charge in [0.15, 0.2) is 5.82 Å². The lowest BCUT2D eigenvalue weighted by molar-refractivity contribution is -0.136. The molecule has 18 nitrogen and oxygen atoms in total. The molecule has 0 aliphatic carbocycles. The molecular formula is C38H49N11O7. The molecule has 6 N–H and O–H groups in total. The number of methoxy groups -OCH3 is 2. The summed E-state index contributed by atoms with van der Waals surface area (Å²) in [7, 11) is 2.53. The SMILES string of the molecule is COC(=O)N[C@H](C(=O)N1CCC[C@H]1c1nc(Nc2nc[nH]c2C(=O)c2ccc(-c3c[nH]c([C@@H]4CCCN4C(=O)[C@@H](NC(=O)OC)C(C)C)n3)cc2)c[nH]1)C(C)C. The molecule has 1 aromatic carbocycles. The van der Waals surface area contributed by atoms with Gasteiger partial charge in [0.1, 0.15) is 35.2 Å². The maximum absolute atomic E-state index is 13.7. The predicted molar refractivity (Wildman–Crippen MR) is 204 cm³/mol. The quantitative estimate of drug-likeness (QED) is 0.103. The van der Waals surface area contributed by atoms with E-state index in [2.05, 4.69) is 40.9 Å². The van der Waals surface area contributed by atoms with Gasteiger partial charge in [0.2, 0.25) is 17.6 Å². The molecule has 2 aliphatic heterocycles. The first kappa shape index (κ1) is 39.5. The Bertz CT molecular complexity index is 2040. The first-order chi connectivity index (χ1) is 26.9. The molecule has 0 unspecified atom stereocenters. The molecule has 0 saturated carbocycles. The lowest BCUT2D eigenvalue weighted by Gasteiger charge is -2.29. The predicted octanol–water partition coefficient (Wildman–Crippen LogP) is 4.59. The molecule has 3 aromatic heterocycles. The summed E-state index contributed by atoms with van der Waals surface area (Å²) in [5.74, 6) is 0.928. The fraction of sp³-hybridized carbons (Fsp3) is 0.474. The molecule has 18 heteroatoms. The minimum atomic E-state index is -0.749. The molecule has 2 aliphatic rings. The fourth-order valence-electron chi connectivity index (χ4n) is 7.23. The van der Waals surface area contributed by atoms with Crippen LogP contribution >= 0.6 is 0 Å². The lowest BCUT2D eigenvalue weighted by Crippen LogP contribution is -2.51. The standard InChI is InChI=1S/C38H49N11O7/c1-20(2)28(46-37(53)55-5)35(51)48-15-7-9-25(48)32-39-17-24(43-32)22-11-13-23(14-12-22)31(50)30-34(42-19-41-30)45-27-18-40-33(44-27)26-10-8-16-49(26)36(52)29(21(3)4)47-38(54)56-6/h11-14,17-21,25-26,28-29,45H,7-10,15-16H2,1-6H3,(H,39,43)(H,40,44)(H,41,42)(H,46,53)(H,47,54)/t25-,26-,28-,29-/m0/s1. The smallest absolute Gasteiger partial charge is 0.407 e. The summed E-state index contributed by atoms with van der Waals surface area (Å²) in [5.41, 5.74) is 2.10. The van der Waals surface area contributed by atoms with Crippen molar-refractivity contribution in [3.8, 4) is 11.3 Å². The van der Waals surface area contributed by atoms with Crippen molar-refractivity contribution in [2.24, 2.45) is 11.8 Å². The third kappa shape index (κ3) is 8.38. The Morgan fingerprint density at radius 1 is 0.750 bits per heavy atom. The monoisotopic (exact) mass is 771 g/mol. The molecule has 0 bridgehead atoms. The Kier molecular flexibility index (Phi) is 12.0. The number of nitrogens with zero attached hydrogens (tertiary/aromatic N) is 5. The molecule has 0 radical (unpaired) electrons. The zero-order valence-corrected chi connectivity index (χ0v) is 32.3. The Balaban J connectivity index is 1.11. The van der Waals surface area contributed by atoms with Crippen LogP contribution in [-0.2, 0) is 19.1 Å². The number of rotatable bonds is 13. The second kappa shape index (κ2) is 17.1. The normalized spacial score (nSPS) is 17.9. The minimum absolute atomic E-state index is 0.141. The summed E-state index contributed by atoms with van der Waals surface area (Å²) in [6.45, 7) is 8.53. The molecule has 0 spiro atoms. The summed E-state index contributed by atoms with van der Waals surface area (Å²) in [4.78, 5) is 91.2. The highest BCUT2D eigenvalue weighted by molar-refractivity contribution is 6.11. The Morgan fingerprint density at radius 3 is 1.82 bits per heavy atom. The average molecular weight is 772 g/mol. The van der Waals surface area contributed by atoms with Gasteiger partial charge in [-0.3, -0.25) is 14.4 Å². The van der Waals surface area contributed by atoms with Crippen LogP contribution in [0.1, 0.15) is 93.2 Å². The van der Waals surface area contributed by atoms with E-state index in [1.54, 1.807) is 34.3 Å². The molecular weight excluding hydrogens is 722 g/mol. The first-order valence-electron chi connectivity index (χ1n) is 18.8. The van der Waals surface area contributed by atoms with Crippen molar-refractivity contribution in [2.45, 2.75) is 77.5 Å². The summed E-state index contributed by atoms with van der Waals surface area (Å²) < 4.78 is 9.46. The highest BCUT2D eigenvalue weighted by atomic mass is 16.5. The number of amides is 4. The number of imidazole rings is 3. The van der Waals surface area contributed by atoms with Crippen LogP contribution in [0.25, 0.3) is 11.3 Å². The highest BCUT2D eigenvalue weighted by Gasteiger charge is 2.39. The van der Waals surface area contributed by atoms with Crippen LogP contribution in [-0.4, -0.2) is 109 Å². The zero-order valence-electron chi connectivity index (χ0n) is 32.3. The number of hydrogen-bond acceptors (Lipinski definition) is 11. The van der Waals surface area contributed by atoms with E-state index in [4.69, 9.17) is 14.5 Å². The van der Waals surface area contributed by atoms with Gasteiger partial charge in [0, 0.05) is 36.6 Å². The first-order valence-corrected chi connectivity index (χ1v) is 18.8. The third-order valence-electron chi connectivity index (χ3n) is 10.2. The molecule has 6 rings (SSSR count). The second-order valence-electron chi connectivity index (χ2n) is 14.6. The maximum Gasteiger partial charge on any atom is 0.407 e. The number of aromatic amines is 3. The summed E-state index contributed by atoms with van der Waals surface area (Å²) in [6, 6.07) is 4.97. The van der Waals surface area contributed by atoms with Gasteiger partial charge >= 0.3 is 12.2 Å². The second-order valence-corrected chi connectivity index (χ2v) is 14.6. The van der Waals surface area contributed by atoms with Crippen molar-refractivity contribution in [3.63, 3.8) is 0 Å².